The standard InChI is InChI=1S/C9H18N2O3S2/c1-7(9(10)15)16(13,14)11-4-2-8(6-12)3-5-11/h7-8,12H,2-6H2,1H3,(H2,10,15). The van der Waals surface area contributed by atoms with E-state index in [1.54, 1.807) is 0 Å². The lowest BCUT2D eigenvalue weighted by Crippen LogP contribution is -2.46. The Balaban J connectivity index is 2.69. The minimum Gasteiger partial charge on any atom is -0.396 e. The van der Waals surface area contributed by atoms with E-state index in [0.29, 0.717) is 25.9 Å². The van der Waals surface area contributed by atoms with Crippen LogP contribution in [0.25, 0.3) is 0 Å². The molecule has 1 rings (SSSR count). The molecule has 0 bridgehead atoms. The SMILES string of the molecule is CC(C(N)=S)S(=O)(=O)N1CCC(CO)CC1. The van der Waals surface area contributed by atoms with Gasteiger partial charge in [-0.1, -0.05) is 12.2 Å². The Morgan fingerprint density at radius 2 is 2.06 bits per heavy atom. The molecule has 94 valence electrons. The number of nitrogens with zero attached hydrogens (tertiary/aromatic N) is 1. The zero-order chi connectivity index (χ0) is 12.3. The second-order valence-electron chi connectivity index (χ2n) is 4.11. The fourth-order valence-electron chi connectivity index (χ4n) is 1.72. The lowest BCUT2D eigenvalue weighted by molar-refractivity contribution is 0.170. The molecule has 1 heterocycles. The molecule has 0 aromatic heterocycles. The molecule has 16 heavy (non-hydrogen) atoms. The van der Waals surface area contributed by atoms with Gasteiger partial charge in [0.25, 0.3) is 0 Å². The first-order valence-electron chi connectivity index (χ1n) is 5.28. The summed E-state index contributed by atoms with van der Waals surface area (Å²) in [6.45, 7) is 2.52. The van der Waals surface area contributed by atoms with Crippen LogP contribution in [0.5, 0.6) is 0 Å². The van der Waals surface area contributed by atoms with Crippen molar-refractivity contribution in [2.24, 2.45) is 11.7 Å². The van der Waals surface area contributed by atoms with Crippen molar-refractivity contribution in [2.75, 3.05) is 19.7 Å². The van der Waals surface area contributed by atoms with Crippen molar-refractivity contribution in [3.05, 3.63) is 0 Å². The van der Waals surface area contributed by atoms with Crippen LogP contribution < -0.4 is 5.73 Å². The molecule has 1 aliphatic heterocycles. The highest BCUT2D eigenvalue weighted by Crippen LogP contribution is 2.21. The quantitative estimate of drug-likeness (QED) is 0.682. The summed E-state index contributed by atoms with van der Waals surface area (Å²) in [4.78, 5) is 0.00396. The van der Waals surface area contributed by atoms with Gasteiger partial charge in [-0.3, -0.25) is 0 Å². The number of hydrogen-bond acceptors (Lipinski definition) is 4. The first-order valence-corrected chi connectivity index (χ1v) is 7.20. The van der Waals surface area contributed by atoms with Crippen molar-refractivity contribution in [1.29, 1.82) is 0 Å². The minimum atomic E-state index is -3.41. The zero-order valence-electron chi connectivity index (χ0n) is 9.30. The molecular weight excluding hydrogens is 248 g/mol. The number of thiocarbonyl (C=S) groups is 1. The zero-order valence-corrected chi connectivity index (χ0v) is 10.9. The van der Waals surface area contributed by atoms with Crippen LogP contribution in [0.3, 0.4) is 0 Å². The molecule has 3 N–H and O–H groups in total. The molecule has 0 spiro atoms. The molecule has 1 aliphatic rings. The number of rotatable bonds is 4. The third-order valence-electron chi connectivity index (χ3n) is 3.04. The number of hydrogen-bond donors (Lipinski definition) is 2. The van der Waals surface area contributed by atoms with Crippen molar-refractivity contribution in [2.45, 2.75) is 25.0 Å². The summed E-state index contributed by atoms with van der Waals surface area (Å²) in [6, 6.07) is 0. The van der Waals surface area contributed by atoms with E-state index in [-0.39, 0.29) is 17.5 Å². The van der Waals surface area contributed by atoms with Gasteiger partial charge in [0, 0.05) is 19.7 Å². The molecule has 0 aromatic rings. The summed E-state index contributed by atoms with van der Waals surface area (Å²) in [5.41, 5.74) is 5.37. The number of aliphatic hydroxyl groups excluding tert-OH is 1. The number of aliphatic hydroxyl groups is 1. The average molecular weight is 266 g/mol. The lowest BCUT2D eigenvalue weighted by atomic mass is 10.00. The molecule has 0 aromatic carbocycles. The highest BCUT2D eigenvalue weighted by molar-refractivity contribution is 7.92. The Labute approximate surface area is 102 Å². The molecule has 1 fully saturated rings. The van der Waals surface area contributed by atoms with E-state index in [2.05, 4.69) is 0 Å². The number of sulfonamides is 1. The molecule has 0 saturated carbocycles. The predicted molar refractivity (Wildman–Crippen MR) is 66.6 cm³/mol. The fraction of sp³-hybridized carbons (Fsp3) is 0.889. The predicted octanol–water partition coefficient (Wildman–Crippen LogP) is -0.305. The Hall–Kier alpha value is -0.240. The Morgan fingerprint density at radius 3 is 2.44 bits per heavy atom. The Morgan fingerprint density at radius 1 is 1.56 bits per heavy atom. The first kappa shape index (κ1) is 13.8. The number of piperidine rings is 1. The monoisotopic (exact) mass is 266 g/mol. The molecule has 1 unspecified atom stereocenters. The van der Waals surface area contributed by atoms with E-state index < -0.39 is 15.3 Å². The molecule has 0 amide bonds. The van der Waals surface area contributed by atoms with Gasteiger partial charge in [0.2, 0.25) is 10.0 Å². The van der Waals surface area contributed by atoms with Gasteiger partial charge >= 0.3 is 0 Å². The maximum Gasteiger partial charge on any atom is 0.223 e. The van der Waals surface area contributed by atoms with Crippen LogP contribution in [0.4, 0.5) is 0 Å². The minimum absolute atomic E-state index is 0.00396. The molecule has 1 saturated heterocycles. The van der Waals surface area contributed by atoms with Crippen LogP contribution in [-0.2, 0) is 10.0 Å². The molecule has 1 atom stereocenters. The maximum atomic E-state index is 12.0. The Kier molecular flexibility index (Phi) is 4.66. The molecule has 7 heteroatoms. The summed E-state index contributed by atoms with van der Waals surface area (Å²) in [6.07, 6.45) is 1.39. The summed E-state index contributed by atoms with van der Waals surface area (Å²) < 4.78 is 25.5. The molecule has 0 aliphatic carbocycles. The van der Waals surface area contributed by atoms with Crippen molar-refractivity contribution in [3.8, 4) is 0 Å². The summed E-state index contributed by atoms with van der Waals surface area (Å²) in [5.74, 6) is 0.214. The van der Waals surface area contributed by atoms with Crippen LogP contribution in [0, 0.1) is 5.92 Å². The molecule has 0 radical (unpaired) electrons. The second kappa shape index (κ2) is 5.39. The van der Waals surface area contributed by atoms with E-state index >= 15 is 0 Å². The van der Waals surface area contributed by atoms with E-state index in [0.717, 1.165) is 0 Å². The van der Waals surface area contributed by atoms with E-state index in [9.17, 15) is 8.42 Å². The van der Waals surface area contributed by atoms with Crippen LogP contribution in [0.1, 0.15) is 19.8 Å². The van der Waals surface area contributed by atoms with Gasteiger partial charge in [-0.15, -0.1) is 0 Å². The van der Waals surface area contributed by atoms with Crippen molar-refractivity contribution in [1.82, 2.24) is 4.31 Å². The van der Waals surface area contributed by atoms with Gasteiger partial charge in [0.1, 0.15) is 5.25 Å². The summed E-state index contributed by atoms with van der Waals surface area (Å²) >= 11 is 4.71. The normalized spacial score (nSPS) is 21.9. The first-order chi connectivity index (χ1) is 7.39. The van der Waals surface area contributed by atoms with E-state index in [1.165, 1.54) is 11.2 Å². The largest absolute Gasteiger partial charge is 0.396 e. The van der Waals surface area contributed by atoms with Gasteiger partial charge < -0.3 is 10.8 Å². The van der Waals surface area contributed by atoms with Crippen LogP contribution in [-0.4, -0.2) is 47.8 Å². The topological polar surface area (TPSA) is 83.6 Å². The molecule has 5 nitrogen and oxygen atoms in total. The third-order valence-corrected chi connectivity index (χ3v) is 5.77. The van der Waals surface area contributed by atoms with Gasteiger partial charge in [-0.25, -0.2) is 12.7 Å². The lowest BCUT2D eigenvalue weighted by Gasteiger charge is -2.31. The highest BCUT2D eigenvalue weighted by atomic mass is 32.2. The Bertz CT molecular complexity index is 348. The smallest absolute Gasteiger partial charge is 0.223 e. The van der Waals surface area contributed by atoms with Gasteiger partial charge in [0.15, 0.2) is 0 Å². The van der Waals surface area contributed by atoms with Crippen LogP contribution in [0.2, 0.25) is 0 Å². The van der Waals surface area contributed by atoms with Crippen LogP contribution in [0.15, 0.2) is 0 Å². The van der Waals surface area contributed by atoms with Crippen LogP contribution >= 0.6 is 12.2 Å². The third kappa shape index (κ3) is 2.91. The average Bonchev–Trinajstić information content (AvgIpc) is 2.28. The van der Waals surface area contributed by atoms with Crippen molar-refractivity contribution >= 4 is 27.2 Å². The van der Waals surface area contributed by atoms with Gasteiger partial charge in [-0.05, 0) is 25.7 Å². The van der Waals surface area contributed by atoms with Gasteiger partial charge in [-0.2, -0.15) is 0 Å². The fourth-order valence-corrected chi connectivity index (χ4v) is 3.54. The van der Waals surface area contributed by atoms with Gasteiger partial charge in [0.05, 0.1) is 4.99 Å². The highest BCUT2D eigenvalue weighted by Gasteiger charge is 2.33. The second-order valence-corrected chi connectivity index (χ2v) is 6.84. The van der Waals surface area contributed by atoms with Crippen molar-refractivity contribution in [3.63, 3.8) is 0 Å². The van der Waals surface area contributed by atoms with E-state index in [1.807, 2.05) is 0 Å². The molecular formula is C9H18N2O3S2. The summed E-state index contributed by atoms with van der Waals surface area (Å²) in [5, 5.41) is 8.16. The van der Waals surface area contributed by atoms with E-state index in [4.69, 9.17) is 23.1 Å². The number of nitrogens with two attached hydrogens (primary N) is 1. The van der Waals surface area contributed by atoms with Crippen molar-refractivity contribution < 1.29 is 13.5 Å². The summed E-state index contributed by atoms with van der Waals surface area (Å²) in [7, 11) is -3.41. The maximum absolute atomic E-state index is 12.0.